The summed E-state index contributed by atoms with van der Waals surface area (Å²) in [5.41, 5.74) is 2.18. The lowest BCUT2D eigenvalue weighted by atomic mass is 9.90. The van der Waals surface area contributed by atoms with Crippen molar-refractivity contribution in [3.8, 4) is 29.4 Å². The first-order valence-corrected chi connectivity index (χ1v) is 8.90. The van der Waals surface area contributed by atoms with Gasteiger partial charge in [-0.25, -0.2) is 4.79 Å². The molecule has 0 fully saturated rings. The standard InChI is InChI=1S/C23H18N2O4/c1-14(2)23(26)28-15(3)13-27-17-8-9-19-21(10-17)29-20-7-5-4-6-18(20)22(19)16(11-24)12-25/h4-10,15H,1,13H2,2-3H3. The van der Waals surface area contributed by atoms with Gasteiger partial charge in [-0.1, -0.05) is 24.8 Å². The number of carbonyl (C=O) groups excluding carboxylic acids is 1. The predicted octanol–water partition coefficient (Wildman–Crippen LogP) is 4.53. The maximum atomic E-state index is 11.6. The van der Waals surface area contributed by atoms with Crippen LogP contribution in [0.5, 0.6) is 17.2 Å². The van der Waals surface area contributed by atoms with Crippen LogP contribution in [0.3, 0.4) is 0 Å². The van der Waals surface area contributed by atoms with Gasteiger partial charge < -0.3 is 14.2 Å². The Labute approximate surface area is 168 Å². The van der Waals surface area contributed by atoms with E-state index in [1.807, 2.05) is 30.3 Å². The number of fused-ring (bicyclic) bond motifs is 2. The largest absolute Gasteiger partial charge is 0.490 e. The van der Waals surface area contributed by atoms with Crippen molar-refractivity contribution in [2.75, 3.05) is 6.61 Å². The highest BCUT2D eigenvalue weighted by Crippen LogP contribution is 2.45. The molecule has 29 heavy (non-hydrogen) atoms. The van der Waals surface area contributed by atoms with Crippen molar-refractivity contribution in [1.82, 2.24) is 0 Å². The number of ether oxygens (including phenoxy) is 3. The zero-order valence-corrected chi connectivity index (χ0v) is 16.1. The number of para-hydroxylation sites is 1. The second-order valence-electron chi connectivity index (χ2n) is 6.54. The van der Waals surface area contributed by atoms with E-state index >= 15 is 0 Å². The van der Waals surface area contributed by atoms with Gasteiger partial charge in [-0.05, 0) is 32.0 Å². The molecule has 0 N–H and O–H groups in total. The van der Waals surface area contributed by atoms with Crippen molar-refractivity contribution in [1.29, 1.82) is 10.5 Å². The summed E-state index contributed by atoms with van der Waals surface area (Å²) in [5.74, 6) is 1.07. The molecular weight excluding hydrogens is 368 g/mol. The Kier molecular flexibility index (Phi) is 5.66. The number of nitriles is 2. The van der Waals surface area contributed by atoms with Crippen LogP contribution in [-0.2, 0) is 9.53 Å². The molecular formula is C23H18N2O4. The number of allylic oxidation sites excluding steroid dienone is 1. The third-order valence-corrected chi connectivity index (χ3v) is 4.21. The summed E-state index contributed by atoms with van der Waals surface area (Å²) in [6, 6.07) is 16.3. The van der Waals surface area contributed by atoms with Gasteiger partial charge in [-0.15, -0.1) is 0 Å². The average Bonchev–Trinajstić information content (AvgIpc) is 2.72. The Morgan fingerprint density at radius 2 is 1.83 bits per heavy atom. The van der Waals surface area contributed by atoms with E-state index in [1.54, 1.807) is 38.1 Å². The Bertz CT molecular complexity index is 1090. The van der Waals surface area contributed by atoms with Crippen molar-refractivity contribution in [3.63, 3.8) is 0 Å². The van der Waals surface area contributed by atoms with E-state index in [0.29, 0.717) is 39.5 Å². The third kappa shape index (κ3) is 4.12. The van der Waals surface area contributed by atoms with Crippen LogP contribution in [0, 0.1) is 22.7 Å². The minimum Gasteiger partial charge on any atom is -0.490 e. The zero-order valence-electron chi connectivity index (χ0n) is 16.1. The van der Waals surface area contributed by atoms with E-state index in [0.717, 1.165) is 0 Å². The van der Waals surface area contributed by atoms with Crippen LogP contribution >= 0.6 is 0 Å². The van der Waals surface area contributed by atoms with Crippen molar-refractivity contribution < 1.29 is 19.0 Å². The van der Waals surface area contributed by atoms with Gasteiger partial charge in [0.1, 0.15) is 47.7 Å². The number of nitrogens with zero attached hydrogens (tertiary/aromatic N) is 2. The van der Waals surface area contributed by atoms with Crippen molar-refractivity contribution >= 4 is 11.5 Å². The molecule has 0 aromatic heterocycles. The highest BCUT2D eigenvalue weighted by Gasteiger charge is 2.25. The lowest BCUT2D eigenvalue weighted by molar-refractivity contribution is -0.144. The molecule has 144 valence electrons. The van der Waals surface area contributed by atoms with Crippen molar-refractivity contribution in [2.45, 2.75) is 20.0 Å². The molecule has 1 heterocycles. The van der Waals surface area contributed by atoms with Gasteiger partial charge >= 0.3 is 5.97 Å². The van der Waals surface area contributed by atoms with Crippen molar-refractivity contribution in [2.24, 2.45) is 0 Å². The number of benzene rings is 2. The zero-order chi connectivity index (χ0) is 21.0. The van der Waals surface area contributed by atoms with E-state index < -0.39 is 12.1 Å². The Morgan fingerprint density at radius 3 is 2.52 bits per heavy atom. The van der Waals surface area contributed by atoms with E-state index in [2.05, 4.69) is 6.58 Å². The number of hydrogen-bond acceptors (Lipinski definition) is 6. The summed E-state index contributed by atoms with van der Waals surface area (Å²) < 4.78 is 16.9. The molecule has 0 saturated carbocycles. The summed E-state index contributed by atoms with van der Waals surface area (Å²) in [4.78, 5) is 11.6. The second kappa shape index (κ2) is 8.33. The van der Waals surface area contributed by atoms with Crippen LogP contribution in [0.25, 0.3) is 5.57 Å². The lowest BCUT2D eigenvalue weighted by Gasteiger charge is -2.23. The molecule has 6 heteroatoms. The van der Waals surface area contributed by atoms with Crippen LogP contribution < -0.4 is 9.47 Å². The van der Waals surface area contributed by atoms with Crippen molar-refractivity contribution in [3.05, 3.63) is 71.3 Å². The number of hydrogen-bond donors (Lipinski definition) is 0. The summed E-state index contributed by atoms with van der Waals surface area (Å²) >= 11 is 0. The second-order valence-corrected chi connectivity index (χ2v) is 6.54. The fourth-order valence-electron chi connectivity index (χ4n) is 2.85. The molecule has 0 spiro atoms. The molecule has 0 radical (unpaired) electrons. The first-order valence-electron chi connectivity index (χ1n) is 8.90. The SMILES string of the molecule is C=C(C)C(=O)OC(C)COc1ccc2c(c1)Oc1ccccc1C2=C(C#N)C#N. The van der Waals surface area contributed by atoms with E-state index in [4.69, 9.17) is 14.2 Å². The molecule has 1 aliphatic rings. The molecule has 1 unspecified atom stereocenters. The van der Waals surface area contributed by atoms with Crippen LogP contribution in [0.4, 0.5) is 0 Å². The van der Waals surface area contributed by atoms with Crippen LogP contribution in [-0.4, -0.2) is 18.7 Å². The molecule has 1 atom stereocenters. The van der Waals surface area contributed by atoms with Crippen LogP contribution in [0.1, 0.15) is 25.0 Å². The highest BCUT2D eigenvalue weighted by molar-refractivity contribution is 5.93. The lowest BCUT2D eigenvalue weighted by Crippen LogP contribution is -2.22. The first-order chi connectivity index (χ1) is 13.9. The van der Waals surface area contributed by atoms with Gasteiger partial charge in [0.2, 0.25) is 0 Å². The molecule has 2 aromatic rings. The van der Waals surface area contributed by atoms with Crippen LogP contribution in [0.2, 0.25) is 0 Å². The van der Waals surface area contributed by atoms with E-state index in [-0.39, 0.29) is 12.2 Å². The average molecular weight is 386 g/mol. The van der Waals surface area contributed by atoms with E-state index in [9.17, 15) is 15.3 Å². The maximum Gasteiger partial charge on any atom is 0.333 e. The molecule has 0 bridgehead atoms. The monoisotopic (exact) mass is 386 g/mol. The van der Waals surface area contributed by atoms with Gasteiger partial charge in [-0.2, -0.15) is 10.5 Å². The summed E-state index contributed by atoms with van der Waals surface area (Å²) in [5, 5.41) is 18.8. The highest BCUT2D eigenvalue weighted by atomic mass is 16.6. The fraction of sp³-hybridized carbons (Fsp3) is 0.174. The summed E-state index contributed by atoms with van der Waals surface area (Å²) in [6.45, 7) is 7.00. The molecule has 2 aromatic carbocycles. The first kappa shape index (κ1) is 19.7. The minimum absolute atomic E-state index is 0.0102. The summed E-state index contributed by atoms with van der Waals surface area (Å²) in [6.07, 6.45) is -0.462. The van der Waals surface area contributed by atoms with Gasteiger partial charge in [0.05, 0.1) is 0 Å². The predicted molar refractivity (Wildman–Crippen MR) is 106 cm³/mol. The van der Waals surface area contributed by atoms with Gasteiger partial charge in [0, 0.05) is 28.3 Å². The summed E-state index contributed by atoms with van der Waals surface area (Å²) in [7, 11) is 0. The molecule has 3 rings (SSSR count). The third-order valence-electron chi connectivity index (χ3n) is 4.21. The fourth-order valence-corrected chi connectivity index (χ4v) is 2.85. The topological polar surface area (TPSA) is 92.3 Å². The van der Waals surface area contributed by atoms with E-state index in [1.165, 1.54) is 0 Å². The molecule has 1 aliphatic heterocycles. The van der Waals surface area contributed by atoms with Crippen LogP contribution in [0.15, 0.2) is 60.2 Å². The molecule has 0 saturated heterocycles. The maximum absolute atomic E-state index is 11.6. The number of rotatable bonds is 5. The Morgan fingerprint density at radius 1 is 1.14 bits per heavy atom. The normalized spacial score (nSPS) is 12.2. The number of carbonyl (C=O) groups is 1. The quantitative estimate of drug-likeness (QED) is 0.363. The molecule has 6 nitrogen and oxygen atoms in total. The molecule has 0 aliphatic carbocycles. The molecule has 0 amide bonds. The Balaban J connectivity index is 1.88. The van der Waals surface area contributed by atoms with Gasteiger partial charge in [0.15, 0.2) is 0 Å². The van der Waals surface area contributed by atoms with Gasteiger partial charge in [0.25, 0.3) is 0 Å². The minimum atomic E-state index is -0.471. The van der Waals surface area contributed by atoms with Gasteiger partial charge in [-0.3, -0.25) is 0 Å². The number of esters is 1. The Hall–Kier alpha value is -4.03. The smallest absolute Gasteiger partial charge is 0.333 e.